The molecule has 0 bridgehead atoms. The highest BCUT2D eigenvalue weighted by atomic mass is 16.5. The first kappa shape index (κ1) is 14.6. The molecule has 1 unspecified atom stereocenters. The number of amides is 1. The lowest BCUT2D eigenvalue weighted by Crippen LogP contribution is -2.47. The van der Waals surface area contributed by atoms with Gasteiger partial charge >= 0.3 is 0 Å². The molecule has 2 aromatic rings. The predicted octanol–water partition coefficient (Wildman–Crippen LogP) is 1.31. The topological polar surface area (TPSA) is 81.4 Å². The maximum atomic E-state index is 12.2. The minimum atomic E-state index is 0.0944. The average molecular weight is 302 g/mol. The van der Waals surface area contributed by atoms with Crippen molar-refractivity contribution in [3.05, 3.63) is 30.4 Å². The van der Waals surface area contributed by atoms with Gasteiger partial charge in [0.25, 0.3) is 0 Å². The summed E-state index contributed by atoms with van der Waals surface area (Å²) in [4.78, 5) is 22.4. The molecule has 7 nitrogen and oxygen atoms in total. The van der Waals surface area contributed by atoms with Gasteiger partial charge < -0.3 is 14.2 Å². The van der Waals surface area contributed by atoms with Gasteiger partial charge in [0.15, 0.2) is 0 Å². The Morgan fingerprint density at radius 1 is 1.50 bits per heavy atom. The van der Waals surface area contributed by atoms with Crippen LogP contribution >= 0.6 is 0 Å². The third kappa shape index (κ3) is 3.30. The van der Waals surface area contributed by atoms with E-state index < -0.39 is 0 Å². The number of carbonyl (C=O) groups is 1. The SMILES string of the molecule is CC1COCCN1C(=O)CCc1nc(-c2cccnc2)no1. The van der Waals surface area contributed by atoms with Gasteiger partial charge in [-0.15, -0.1) is 0 Å². The second kappa shape index (κ2) is 6.65. The largest absolute Gasteiger partial charge is 0.377 e. The normalized spacial score (nSPS) is 18.4. The molecule has 3 rings (SSSR count). The van der Waals surface area contributed by atoms with Gasteiger partial charge in [-0.2, -0.15) is 4.98 Å². The van der Waals surface area contributed by atoms with Gasteiger partial charge in [-0.3, -0.25) is 9.78 Å². The molecule has 7 heteroatoms. The van der Waals surface area contributed by atoms with Crippen LogP contribution in [0.1, 0.15) is 19.2 Å². The molecule has 0 spiro atoms. The van der Waals surface area contributed by atoms with Crippen LogP contribution in [0.15, 0.2) is 29.0 Å². The van der Waals surface area contributed by atoms with Gasteiger partial charge in [0.1, 0.15) is 0 Å². The van der Waals surface area contributed by atoms with Crippen LogP contribution in [0.25, 0.3) is 11.4 Å². The van der Waals surface area contributed by atoms with Crippen LogP contribution in [0.5, 0.6) is 0 Å². The summed E-state index contributed by atoms with van der Waals surface area (Å²) in [6.45, 7) is 3.83. The Kier molecular flexibility index (Phi) is 4.43. The molecule has 1 atom stereocenters. The Morgan fingerprint density at radius 2 is 2.41 bits per heavy atom. The molecule has 0 saturated carbocycles. The lowest BCUT2D eigenvalue weighted by Gasteiger charge is -2.33. The number of carbonyl (C=O) groups excluding carboxylic acids is 1. The summed E-state index contributed by atoms with van der Waals surface area (Å²) in [6.07, 6.45) is 4.16. The standard InChI is InChI=1S/C15H18N4O3/c1-11-10-21-8-7-19(11)14(20)5-4-13-17-15(18-22-13)12-3-2-6-16-9-12/h2-3,6,9,11H,4-5,7-8,10H2,1H3. The summed E-state index contributed by atoms with van der Waals surface area (Å²) < 4.78 is 10.5. The van der Waals surface area contributed by atoms with Crippen molar-refractivity contribution in [3.63, 3.8) is 0 Å². The van der Waals surface area contributed by atoms with Crippen LogP contribution in [-0.2, 0) is 16.0 Å². The fourth-order valence-corrected chi connectivity index (χ4v) is 2.42. The molecule has 0 aliphatic carbocycles. The van der Waals surface area contributed by atoms with Gasteiger partial charge in [-0.05, 0) is 19.1 Å². The summed E-state index contributed by atoms with van der Waals surface area (Å²) in [7, 11) is 0. The first-order valence-corrected chi connectivity index (χ1v) is 7.34. The van der Waals surface area contributed by atoms with Crippen LogP contribution in [-0.4, -0.2) is 51.7 Å². The van der Waals surface area contributed by atoms with Crippen molar-refractivity contribution in [1.82, 2.24) is 20.0 Å². The lowest BCUT2D eigenvalue weighted by molar-refractivity contribution is -0.139. The van der Waals surface area contributed by atoms with Crippen molar-refractivity contribution in [3.8, 4) is 11.4 Å². The highest BCUT2D eigenvalue weighted by Gasteiger charge is 2.23. The van der Waals surface area contributed by atoms with Crippen molar-refractivity contribution in [2.45, 2.75) is 25.8 Å². The van der Waals surface area contributed by atoms with E-state index in [1.54, 1.807) is 12.4 Å². The number of hydrogen-bond donors (Lipinski definition) is 0. The van der Waals surface area contributed by atoms with Crippen molar-refractivity contribution >= 4 is 5.91 Å². The summed E-state index contributed by atoms with van der Waals surface area (Å²) in [5.41, 5.74) is 0.797. The highest BCUT2D eigenvalue weighted by Crippen LogP contribution is 2.15. The van der Waals surface area contributed by atoms with E-state index in [9.17, 15) is 4.79 Å². The molecule has 1 saturated heterocycles. The van der Waals surface area contributed by atoms with Crippen LogP contribution in [0.4, 0.5) is 0 Å². The second-order valence-electron chi connectivity index (χ2n) is 5.26. The van der Waals surface area contributed by atoms with Gasteiger partial charge in [0.2, 0.25) is 17.6 Å². The van der Waals surface area contributed by atoms with E-state index in [2.05, 4.69) is 15.1 Å². The number of morpholine rings is 1. The van der Waals surface area contributed by atoms with E-state index in [4.69, 9.17) is 9.26 Å². The number of aromatic nitrogens is 3. The quantitative estimate of drug-likeness (QED) is 0.847. The van der Waals surface area contributed by atoms with E-state index in [-0.39, 0.29) is 11.9 Å². The Hall–Kier alpha value is -2.28. The molecule has 0 N–H and O–H groups in total. The minimum absolute atomic E-state index is 0.0944. The fraction of sp³-hybridized carbons (Fsp3) is 0.467. The van der Waals surface area contributed by atoms with E-state index in [0.717, 1.165) is 5.56 Å². The molecule has 0 radical (unpaired) electrons. The molecule has 2 aromatic heterocycles. The summed E-state index contributed by atoms with van der Waals surface area (Å²) >= 11 is 0. The predicted molar refractivity (Wildman–Crippen MR) is 77.8 cm³/mol. The molecule has 0 aromatic carbocycles. The van der Waals surface area contributed by atoms with Gasteiger partial charge in [-0.25, -0.2) is 0 Å². The number of rotatable bonds is 4. The lowest BCUT2D eigenvalue weighted by atomic mass is 10.2. The van der Waals surface area contributed by atoms with E-state index in [1.807, 2.05) is 24.0 Å². The molecule has 3 heterocycles. The summed E-state index contributed by atoms with van der Waals surface area (Å²) in [5.74, 6) is 1.06. The molecular formula is C15H18N4O3. The van der Waals surface area contributed by atoms with E-state index >= 15 is 0 Å². The van der Waals surface area contributed by atoms with Crippen LogP contribution in [0.3, 0.4) is 0 Å². The third-order valence-corrected chi connectivity index (χ3v) is 3.63. The monoisotopic (exact) mass is 302 g/mol. The Labute approximate surface area is 128 Å². The Balaban J connectivity index is 1.58. The van der Waals surface area contributed by atoms with Crippen LogP contribution in [0, 0.1) is 0 Å². The van der Waals surface area contributed by atoms with Crippen LogP contribution in [0.2, 0.25) is 0 Å². The first-order chi connectivity index (χ1) is 10.7. The van der Waals surface area contributed by atoms with E-state index in [0.29, 0.717) is 44.3 Å². The molecule has 116 valence electrons. The van der Waals surface area contributed by atoms with Crippen molar-refractivity contribution in [2.75, 3.05) is 19.8 Å². The number of hydrogen-bond acceptors (Lipinski definition) is 6. The van der Waals surface area contributed by atoms with Crippen LogP contribution < -0.4 is 0 Å². The summed E-state index contributed by atoms with van der Waals surface area (Å²) in [6, 6.07) is 3.80. The van der Waals surface area contributed by atoms with Crippen molar-refractivity contribution in [2.24, 2.45) is 0 Å². The zero-order chi connectivity index (χ0) is 15.4. The molecule has 1 aliphatic rings. The minimum Gasteiger partial charge on any atom is -0.377 e. The second-order valence-corrected chi connectivity index (χ2v) is 5.26. The third-order valence-electron chi connectivity index (χ3n) is 3.63. The molecule has 22 heavy (non-hydrogen) atoms. The van der Waals surface area contributed by atoms with Crippen molar-refractivity contribution < 1.29 is 14.1 Å². The summed E-state index contributed by atoms with van der Waals surface area (Å²) in [5, 5.41) is 3.92. The van der Waals surface area contributed by atoms with Gasteiger partial charge in [0.05, 0.1) is 19.3 Å². The zero-order valence-electron chi connectivity index (χ0n) is 12.4. The number of ether oxygens (including phenoxy) is 1. The Bertz CT molecular complexity index is 629. The highest BCUT2D eigenvalue weighted by molar-refractivity contribution is 5.76. The molecule has 1 aliphatic heterocycles. The first-order valence-electron chi connectivity index (χ1n) is 7.34. The number of pyridine rings is 1. The number of nitrogens with zero attached hydrogens (tertiary/aromatic N) is 4. The average Bonchev–Trinajstić information content (AvgIpc) is 3.03. The van der Waals surface area contributed by atoms with Gasteiger partial charge in [-0.1, -0.05) is 5.16 Å². The fourth-order valence-electron chi connectivity index (χ4n) is 2.42. The molecular weight excluding hydrogens is 284 g/mol. The Morgan fingerprint density at radius 3 is 3.18 bits per heavy atom. The number of aryl methyl sites for hydroxylation is 1. The maximum Gasteiger partial charge on any atom is 0.227 e. The zero-order valence-corrected chi connectivity index (χ0v) is 12.4. The molecule has 1 amide bonds. The smallest absolute Gasteiger partial charge is 0.227 e. The maximum absolute atomic E-state index is 12.2. The molecule has 1 fully saturated rings. The van der Waals surface area contributed by atoms with E-state index in [1.165, 1.54) is 0 Å². The van der Waals surface area contributed by atoms with Crippen molar-refractivity contribution in [1.29, 1.82) is 0 Å². The van der Waals surface area contributed by atoms with Gasteiger partial charge in [0, 0.05) is 37.3 Å².